The maximum atomic E-state index is 11.4. The number of carbonyl (C=O) groups is 1. The molecule has 6 nitrogen and oxygen atoms in total. The van der Waals surface area contributed by atoms with E-state index in [1.165, 1.54) is 18.9 Å². The van der Waals surface area contributed by atoms with E-state index in [4.69, 9.17) is 10.00 Å². The standard InChI is InChI=1S/C17H15N3O3S/c1-22-16(21)12-6-8-14(9-7-12)23-15-5-3-4-13(10-15)20-17(24-2)19-11-18/h3-10H,1-2H3,(H,19,20). The summed E-state index contributed by atoms with van der Waals surface area (Å²) in [5.74, 6) is 0.788. The summed E-state index contributed by atoms with van der Waals surface area (Å²) >= 11 is 1.34. The fourth-order valence-electron chi connectivity index (χ4n) is 1.82. The largest absolute Gasteiger partial charge is 0.465 e. The minimum Gasteiger partial charge on any atom is -0.465 e. The summed E-state index contributed by atoms with van der Waals surface area (Å²) in [5, 5.41) is 11.7. The van der Waals surface area contributed by atoms with Crippen molar-refractivity contribution >= 4 is 28.6 Å². The Morgan fingerprint density at radius 2 is 1.96 bits per heavy atom. The highest BCUT2D eigenvalue weighted by atomic mass is 32.2. The van der Waals surface area contributed by atoms with Gasteiger partial charge in [-0.15, -0.1) is 0 Å². The number of nitrogens with one attached hydrogen (secondary N) is 1. The molecular weight excluding hydrogens is 326 g/mol. The second kappa shape index (κ2) is 8.60. The Kier molecular flexibility index (Phi) is 6.23. The van der Waals surface area contributed by atoms with Gasteiger partial charge in [-0.2, -0.15) is 5.26 Å². The first-order valence-corrected chi connectivity index (χ1v) is 8.13. The monoisotopic (exact) mass is 341 g/mol. The Labute approximate surface area is 144 Å². The molecule has 0 aliphatic heterocycles. The number of nitrogens with zero attached hydrogens (tertiary/aromatic N) is 2. The Morgan fingerprint density at radius 3 is 2.58 bits per heavy atom. The number of ether oxygens (including phenoxy) is 2. The lowest BCUT2D eigenvalue weighted by Gasteiger charge is -2.07. The third-order valence-electron chi connectivity index (χ3n) is 2.92. The Hall–Kier alpha value is -2.98. The SMILES string of the molecule is COC(=O)c1ccc(Oc2cccc(N=C(NC#N)SC)c2)cc1. The van der Waals surface area contributed by atoms with E-state index in [2.05, 4.69) is 15.0 Å². The molecule has 0 spiro atoms. The maximum absolute atomic E-state index is 11.4. The number of methoxy groups -OCH3 is 1. The van der Waals surface area contributed by atoms with Crippen molar-refractivity contribution in [1.29, 1.82) is 5.26 Å². The van der Waals surface area contributed by atoms with Crippen molar-refractivity contribution in [3.05, 3.63) is 54.1 Å². The molecular formula is C17H15N3O3S. The van der Waals surface area contributed by atoms with Crippen LogP contribution in [0, 0.1) is 11.5 Å². The van der Waals surface area contributed by atoms with E-state index >= 15 is 0 Å². The third-order valence-corrected chi connectivity index (χ3v) is 3.50. The van der Waals surface area contributed by atoms with Crippen LogP contribution in [-0.4, -0.2) is 24.5 Å². The molecule has 0 bridgehead atoms. The van der Waals surface area contributed by atoms with Crippen LogP contribution in [0.25, 0.3) is 0 Å². The number of hydrogen-bond donors (Lipinski definition) is 1. The molecule has 0 unspecified atom stereocenters. The van der Waals surface area contributed by atoms with Crippen molar-refractivity contribution < 1.29 is 14.3 Å². The van der Waals surface area contributed by atoms with Gasteiger partial charge in [-0.25, -0.2) is 9.79 Å². The summed E-state index contributed by atoms with van der Waals surface area (Å²) < 4.78 is 10.4. The lowest BCUT2D eigenvalue weighted by atomic mass is 10.2. The summed E-state index contributed by atoms with van der Waals surface area (Å²) in [4.78, 5) is 15.7. The van der Waals surface area contributed by atoms with Gasteiger partial charge >= 0.3 is 5.97 Å². The molecule has 0 heterocycles. The molecule has 0 aliphatic rings. The lowest BCUT2D eigenvalue weighted by Crippen LogP contribution is -2.12. The van der Waals surface area contributed by atoms with Gasteiger partial charge in [0.1, 0.15) is 11.5 Å². The molecule has 0 amide bonds. The van der Waals surface area contributed by atoms with Gasteiger partial charge in [0.05, 0.1) is 18.4 Å². The van der Waals surface area contributed by atoms with Crippen LogP contribution in [0.4, 0.5) is 5.69 Å². The lowest BCUT2D eigenvalue weighted by molar-refractivity contribution is 0.0600. The highest BCUT2D eigenvalue weighted by Gasteiger charge is 2.05. The molecule has 122 valence electrons. The smallest absolute Gasteiger partial charge is 0.337 e. The summed E-state index contributed by atoms with van der Waals surface area (Å²) in [6, 6.07) is 13.8. The second-order valence-electron chi connectivity index (χ2n) is 4.47. The highest BCUT2D eigenvalue weighted by molar-refractivity contribution is 8.13. The molecule has 2 aromatic rings. The van der Waals surface area contributed by atoms with Crippen LogP contribution in [0.15, 0.2) is 53.5 Å². The summed E-state index contributed by atoms with van der Waals surface area (Å²) in [6.45, 7) is 0. The van der Waals surface area contributed by atoms with Gasteiger partial charge in [0.25, 0.3) is 0 Å². The molecule has 0 aliphatic carbocycles. The molecule has 0 radical (unpaired) electrons. The van der Waals surface area contributed by atoms with Gasteiger partial charge in [-0.3, -0.25) is 5.32 Å². The number of benzene rings is 2. The minimum absolute atomic E-state index is 0.396. The van der Waals surface area contributed by atoms with Crippen LogP contribution in [0.3, 0.4) is 0 Å². The predicted octanol–water partition coefficient (Wildman–Crippen LogP) is 3.69. The average Bonchev–Trinajstić information content (AvgIpc) is 2.61. The van der Waals surface area contributed by atoms with Crippen molar-refractivity contribution in [2.75, 3.05) is 13.4 Å². The van der Waals surface area contributed by atoms with Gasteiger partial charge in [-0.05, 0) is 42.7 Å². The summed E-state index contributed by atoms with van der Waals surface area (Å²) in [5.41, 5.74) is 1.11. The molecule has 0 saturated heterocycles. The molecule has 2 rings (SSSR count). The number of carbonyl (C=O) groups excluding carboxylic acids is 1. The third kappa shape index (κ3) is 4.76. The van der Waals surface area contributed by atoms with Gasteiger partial charge in [0.2, 0.25) is 0 Å². The first-order valence-electron chi connectivity index (χ1n) is 6.90. The van der Waals surface area contributed by atoms with Crippen molar-refractivity contribution in [2.45, 2.75) is 0 Å². The van der Waals surface area contributed by atoms with E-state index in [1.807, 2.05) is 18.5 Å². The molecule has 2 aromatic carbocycles. The number of aliphatic imine (C=N–C) groups is 1. The Bertz CT molecular complexity index is 782. The van der Waals surface area contributed by atoms with Crippen molar-refractivity contribution in [3.63, 3.8) is 0 Å². The van der Waals surface area contributed by atoms with Crippen LogP contribution < -0.4 is 10.1 Å². The van der Waals surface area contributed by atoms with Gasteiger partial charge in [0.15, 0.2) is 11.4 Å². The number of esters is 1. The zero-order chi connectivity index (χ0) is 17.4. The zero-order valence-corrected chi connectivity index (χ0v) is 14.0. The van der Waals surface area contributed by atoms with Gasteiger partial charge < -0.3 is 9.47 Å². The molecule has 0 aromatic heterocycles. The van der Waals surface area contributed by atoms with Crippen LogP contribution in [-0.2, 0) is 4.74 Å². The number of rotatable bonds is 4. The molecule has 0 atom stereocenters. The second-order valence-corrected chi connectivity index (χ2v) is 5.27. The minimum atomic E-state index is -0.396. The molecule has 7 heteroatoms. The van der Waals surface area contributed by atoms with Crippen molar-refractivity contribution in [3.8, 4) is 17.7 Å². The van der Waals surface area contributed by atoms with E-state index < -0.39 is 5.97 Å². The quantitative estimate of drug-likeness (QED) is 0.300. The molecule has 24 heavy (non-hydrogen) atoms. The van der Waals surface area contributed by atoms with E-state index in [1.54, 1.807) is 42.5 Å². The van der Waals surface area contributed by atoms with Crippen molar-refractivity contribution in [2.24, 2.45) is 4.99 Å². The molecule has 1 N–H and O–H groups in total. The zero-order valence-electron chi connectivity index (χ0n) is 13.1. The first-order chi connectivity index (χ1) is 11.7. The number of nitriles is 1. The Balaban J connectivity index is 2.15. The van der Waals surface area contributed by atoms with E-state index in [0.29, 0.717) is 27.9 Å². The maximum Gasteiger partial charge on any atom is 0.337 e. The first kappa shape index (κ1) is 17.4. The Morgan fingerprint density at radius 1 is 1.21 bits per heavy atom. The van der Waals surface area contributed by atoms with Gasteiger partial charge in [0, 0.05) is 6.07 Å². The van der Waals surface area contributed by atoms with Crippen LogP contribution in [0.2, 0.25) is 0 Å². The number of amidine groups is 1. The highest BCUT2D eigenvalue weighted by Crippen LogP contribution is 2.26. The van der Waals surface area contributed by atoms with Crippen LogP contribution in [0.5, 0.6) is 11.5 Å². The van der Waals surface area contributed by atoms with E-state index in [0.717, 1.165) is 0 Å². The van der Waals surface area contributed by atoms with E-state index in [-0.39, 0.29) is 0 Å². The topological polar surface area (TPSA) is 83.7 Å². The normalized spacial score (nSPS) is 10.6. The summed E-state index contributed by atoms with van der Waals surface area (Å²) in [6.07, 6.45) is 3.67. The fourth-order valence-corrected chi connectivity index (χ4v) is 2.16. The fraction of sp³-hybridized carbons (Fsp3) is 0.118. The van der Waals surface area contributed by atoms with Gasteiger partial charge in [-0.1, -0.05) is 17.8 Å². The average molecular weight is 341 g/mol. The number of thioether (sulfide) groups is 1. The van der Waals surface area contributed by atoms with Crippen LogP contribution in [0.1, 0.15) is 10.4 Å². The number of hydrogen-bond acceptors (Lipinski definition) is 6. The van der Waals surface area contributed by atoms with Crippen LogP contribution >= 0.6 is 11.8 Å². The molecule has 0 fully saturated rings. The summed E-state index contributed by atoms with van der Waals surface area (Å²) in [7, 11) is 1.34. The predicted molar refractivity (Wildman–Crippen MR) is 93.7 cm³/mol. The molecule has 0 saturated carbocycles. The van der Waals surface area contributed by atoms with Crippen molar-refractivity contribution in [1.82, 2.24) is 5.32 Å². The van der Waals surface area contributed by atoms with E-state index in [9.17, 15) is 4.79 Å².